The van der Waals surface area contributed by atoms with Gasteiger partial charge in [-0.2, -0.15) is 0 Å². The second-order valence-electron chi connectivity index (χ2n) is 9.95. The topological polar surface area (TPSA) is 62.3 Å². The number of amides is 1. The summed E-state index contributed by atoms with van der Waals surface area (Å²) in [4.78, 5) is 31.0. The molecule has 1 aromatic carbocycles. The molecule has 2 atom stereocenters. The highest BCUT2D eigenvalue weighted by molar-refractivity contribution is 6.31. The lowest BCUT2D eigenvalue weighted by molar-refractivity contribution is -0.123. The molecule has 0 aliphatic heterocycles. The van der Waals surface area contributed by atoms with Gasteiger partial charge in [-0.15, -0.1) is 0 Å². The van der Waals surface area contributed by atoms with Gasteiger partial charge in [0.2, 0.25) is 5.91 Å². The molecule has 0 bridgehead atoms. The standard InChI is InChI=1S/C27H33Cl2F2N3O2/c1-5-24(35)18-7-6-17(23(29)12-18)11-21(34(3)4)16-33-25(36)13-22(19-10-20(28)15-32-14-19)27(8-9-27)26(2,30)31/h6-7,10,12,14-15,21-22H,5,8-9,11,13,16H2,1-4H3,(H,33,36)/t21-,22+/m0/s1. The highest BCUT2D eigenvalue weighted by Gasteiger charge is 2.63. The number of ketones is 1. The number of carbonyl (C=O) groups is 2. The third-order valence-electron chi connectivity index (χ3n) is 7.26. The quantitative estimate of drug-likeness (QED) is 0.327. The molecule has 1 N–H and O–H groups in total. The van der Waals surface area contributed by atoms with E-state index < -0.39 is 17.3 Å². The van der Waals surface area contributed by atoms with Gasteiger partial charge in [-0.25, -0.2) is 8.78 Å². The maximum atomic E-state index is 14.6. The molecule has 2 aromatic rings. The van der Waals surface area contributed by atoms with E-state index in [0.717, 1.165) is 12.5 Å². The molecule has 1 heterocycles. The number of aromatic nitrogens is 1. The van der Waals surface area contributed by atoms with Crippen LogP contribution in [0.1, 0.15) is 66.9 Å². The van der Waals surface area contributed by atoms with Crippen LogP contribution in [0.25, 0.3) is 0 Å². The number of nitrogens with zero attached hydrogens (tertiary/aromatic N) is 2. The highest BCUT2D eigenvalue weighted by Crippen LogP contribution is 2.65. The molecule has 1 aromatic heterocycles. The molecule has 1 amide bonds. The van der Waals surface area contributed by atoms with Crippen LogP contribution < -0.4 is 5.32 Å². The maximum Gasteiger partial charge on any atom is 0.251 e. The summed E-state index contributed by atoms with van der Waals surface area (Å²) in [6.45, 7) is 3.04. The fraction of sp³-hybridized carbons (Fsp3) is 0.519. The molecule has 5 nitrogen and oxygen atoms in total. The summed E-state index contributed by atoms with van der Waals surface area (Å²) >= 11 is 12.5. The van der Waals surface area contributed by atoms with Crippen LogP contribution in [0.3, 0.4) is 0 Å². The van der Waals surface area contributed by atoms with E-state index >= 15 is 0 Å². The molecule has 36 heavy (non-hydrogen) atoms. The summed E-state index contributed by atoms with van der Waals surface area (Å²) in [6, 6.07) is 6.81. The average molecular weight is 540 g/mol. The second-order valence-corrected chi connectivity index (χ2v) is 10.8. The van der Waals surface area contributed by atoms with Crippen LogP contribution in [-0.4, -0.2) is 54.2 Å². The lowest BCUT2D eigenvalue weighted by Crippen LogP contribution is -2.43. The van der Waals surface area contributed by atoms with E-state index in [-0.39, 0.29) is 24.2 Å². The lowest BCUT2D eigenvalue weighted by atomic mass is 9.77. The maximum absolute atomic E-state index is 14.6. The molecular formula is C27H33Cl2F2N3O2. The predicted molar refractivity (Wildman–Crippen MR) is 139 cm³/mol. The third-order valence-corrected chi connectivity index (χ3v) is 7.82. The fourth-order valence-corrected chi connectivity index (χ4v) is 5.19. The van der Waals surface area contributed by atoms with E-state index in [9.17, 15) is 18.4 Å². The normalized spacial score (nSPS) is 16.5. The van der Waals surface area contributed by atoms with Gasteiger partial charge in [0.05, 0.1) is 5.02 Å². The Morgan fingerprint density at radius 2 is 1.89 bits per heavy atom. The molecule has 0 unspecified atom stereocenters. The molecular weight excluding hydrogens is 507 g/mol. The van der Waals surface area contributed by atoms with Gasteiger partial charge in [-0.05, 0) is 63.5 Å². The number of hydrogen-bond acceptors (Lipinski definition) is 4. The molecule has 0 saturated heterocycles. The molecule has 1 fully saturated rings. The van der Waals surface area contributed by atoms with Gasteiger partial charge in [0.25, 0.3) is 5.92 Å². The Morgan fingerprint density at radius 3 is 2.42 bits per heavy atom. The van der Waals surface area contributed by atoms with E-state index in [1.165, 1.54) is 12.4 Å². The fourth-order valence-electron chi connectivity index (χ4n) is 4.75. The molecule has 196 valence electrons. The number of pyridine rings is 1. The van der Waals surface area contributed by atoms with Gasteiger partial charge >= 0.3 is 0 Å². The third kappa shape index (κ3) is 6.61. The summed E-state index contributed by atoms with van der Waals surface area (Å²) in [5.74, 6) is -3.92. The summed E-state index contributed by atoms with van der Waals surface area (Å²) < 4.78 is 29.2. The predicted octanol–water partition coefficient (Wildman–Crippen LogP) is 6.18. The van der Waals surface area contributed by atoms with Crippen molar-refractivity contribution >= 4 is 34.9 Å². The van der Waals surface area contributed by atoms with E-state index in [1.54, 1.807) is 25.1 Å². The molecule has 9 heteroatoms. The second kappa shape index (κ2) is 11.5. The molecule has 0 spiro atoms. The Balaban J connectivity index is 1.71. The van der Waals surface area contributed by atoms with E-state index in [4.69, 9.17) is 23.2 Å². The minimum Gasteiger partial charge on any atom is -0.355 e. The van der Waals surface area contributed by atoms with Gasteiger partial charge in [-0.3, -0.25) is 14.6 Å². The number of likely N-dealkylation sites (N-methyl/N-ethyl adjacent to an activating group) is 1. The van der Waals surface area contributed by atoms with Crippen molar-refractivity contribution in [2.24, 2.45) is 5.41 Å². The summed E-state index contributed by atoms with van der Waals surface area (Å²) in [7, 11) is 3.80. The first-order chi connectivity index (χ1) is 16.9. The van der Waals surface area contributed by atoms with Crippen LogP contribution in [0.15, 0.2) is 36.7 Å². The minimum atomic E-state index is -2.94. The van der Waals surface area contributed by atoms with Gasteiger partial charge in [0.15, 0.2) is 5.78 Å². The van der Waals surface area contributed by atoms with Crippen molar-refractivity contribution < 1.29 is 18.4 Å². The van der Waals surface area contributed by atoms with Crippen molar-refractivity contribution in [2.45, 2.75) is 63.8 Å². The van der Waals surface area contributed by atoms with Crippen LogP contribution >= 0.6 is 23.2 Å². The van der Waals surface area contributed by atoms with E-state index in [2.05, 4.69) is 10.3 Å². The first-order valence-corrected chi connectivity index (χ1v) is 12.9. The number of halogens is 4. The van der Waals surface area contributed by atoms with Crippen LogP contribution in [0.5, 0.6) is 0 Å². The number of Topliss-reactive ketones (excluding diaryl/α,β-unsaturated/α-hetero) is 1. The van der Waals surface area contributed by atoms with E-state index in [0.29, 0.717) is 53.4 Å². The Hall–Kier alpha value is -2.09. The monoisotopic (exact) mass is 539 g/mol. The number of benzene rings is 1. The smallest absolute Gasteiger partial charge is 0.251 e. The number of hydrogen-bond donors (Lipinski definition) is 1. The van der Waals surface area contributed by atoms with Crippen molar-refractivity contribution in [1.29, 1.82) is 0 Å². The largest absolute Gasteiger partial charge is 0.355 e. The zero-order chi connectivity index (χ0) is 26.7. The summed E-state index contributed by atoms with van der Waals surface area (Å²) in [5, 5.41) is 3.79. The molecule has 3 rings (SSSR count). The number of alkyl halides is 2. The first kappa shape index (κ1) is 28.5. The minimum absolute atomic E-state index is 0.0235. The van der Waals surface area contributed by atoms with Gasteiger partial charge in [-0.1, -0.05) is 42.3 Å². The summed E-state index contributed by atoms with van der Waals surface area (Å²) in [5.41, 5.74) is 0.712. The lowest BCUT2D eigenvalue weighted by Gasteiger charge is -2.32. The van der Waals surface area contributed by atoms with Crippen molar-refractivity contribution in [3.63, 3.8) is 0 Å². The number of rotatable bonds is 12. The van der Waals surface area contributed by atoms with Gasteiger partial charge < -0.3 is 10.2 Å². The van der Waals surface area contributed by atoms with Crippen LogP contribution in [0.4, 0.5) is 8.78 Å². The Bertz CT molecular complexity index is 1100. The molecule has 1 aliphatic rings. The van der Waals surface area contributed by atoms with Crippen LogP contribution in [-0.2, 0) is 11.2 Å². The zero-order valence-corrected chi connectivity index (χ0v) is 22.6. The van der Waals surface area contributed by atoms with Crippen molar-refractivity contribution in [3.8, 4) is 0 Å². The van der Waals surface area contributed by atoms with E-state index in [1.807, 2.05) is 25.1 Å². The van der Waals surface area contributed by atoms with Crippen LogP contribution in [0.2, 0.25) is 10.0 Å². The number of carbonyl (C=O) groups excluding carboxylic acids is 2. The highest BCUT2D eigenvalue weighted by atomic mass is 35.5. The first-order valence-electron chi connectivity index (χ1n) is 12.1. The summed E-state index contributed by atoms with van der Waals surface area (Å²) in [6.07, 6.45) is 4.52. The Kier molecular flexibility index (Phi) is 9.12. The SMILES string of the molecule is CCC(=O)c1ccc(C[C@@H](CNC(=O)C[C@H](c2cncc(Cl)c2)C2(C(C)(F)F)CC2)N(C)C)c(Cl)c1. The molecule has 1 saturated carbocycles. The van der Waals surface area contributed by atoms with Gasteiger partial charge in [0, 0.05) is 59.7 Å². The van der Waals surface area contributed by atoms with Crippen molar-refractivity contribution in [3.05, 3.63) is 63.4 Å². The Morgan fingerprint density at radius 1 is 1.19 bits per heavy atom. The Labute approximate surface area is 221 Å². The average Bonchev–Trinajstić information content (AvgIpc) is 3.62. The molecule has 0 radical (unpaired) electrons. The number of nitrogens with one attached hydrogen (secondary N) is 1. The molecule has 1 aliphatic carbocycles. The van der Waals surface area contributed by atoms with Crippen molar-refractivity contribution in [1.82, 2.24) is 15.2 Å². The van der Waals surface area contributed by atoms with Crippen molar-refractivity contribution in [2.75, 3.05) is 20.6 Å². The van der Waals surface area contributed by atoms with Crippen LogP contribution in [0, 0.1) is 5.41 Å². The van der Waals surface area contributed by atoms with Gasteiger partial charge in [0.1, 0.15) is 0 Å². The zero-order valence-electron chi connectivity index (χ0n) is 21.1.